The Balaban J connectivity index is 3.01. The Hall–Kier alpha value is -1.63. The molecule has 0 aliphatic rings. The third-order valence-corrected chi connectivity index (χ3v) is 2.54. The van der Waals surface area contributed by atoms with E-state index in [0.29, 0.717) is 11.3 Å². The van der Waals surface area contributed by atoms with Gasteiger partial charge >= 0.3 is 5.97 Å². The topological polar surface area (TPSA) is 107 Å². The molecule has 0 aromatic heterocycles. The van der Waals surface area contributed by atoms with Crippen LogP contribution in [0.4, 0.5) is 0 Å². The van der Waals surface area contributed by atoms with E-state index in [2.05, 4.69) is 0 Å². The summed E-state index contributed by atoms with van der Waals surface area (Å²) in [7, 11) is 1.40. The predicted octanol–water partition coefficient (Wildman–Crippen LogP) is 0.0565. The minimum Gasteiger partial charge on any atom is -0.496 e. The summed E-state index contributed by atoms with van der Waals surface area (Å²) in [5.74, 6) is -0.886. The molecule has 0 saturated carbocycles. The van der Waals surface area contributed by atoms with Crippen LogP contribution in [0.25, 0.3) is 0 Å². The molecule has 0 radical (unpaired) electrons. The summed E-state index contributed by atoms with van der Waals surface area (Å²) >= 11 is 0. The monoisotopic (exact) mass is 256 g/mol. The number of carboxylic acid groups (broad SMARTS) is 1. The van der Waals surface area contributed by atoms with Crippen LogP contribution in [0.15, 0.2) is 18.2 Å². The Kier molecular flexibility index (Phi) is 5.08. The highest BCUT2D eigenvalue weighted by Crippen LogP contribution is 2.29. The molecule has 0 heterocycles. The van der Waals surface area contributed by atoms with Crippen molar-refractivity contribution in [3.05, 3.63) is 29.3 Å². The molecule has 4 N–H and O–H groups in total. The number of hydrogen-bond acceptors (Lipinski definition) is 5. The first kappa shape index (κ1) is 14.4. The molecule has 1 aromatic carbocycles. The molecule has 0 fully saturated rings. The third-order valence-electron chi connectivity index (χ3n) is 2.54. The Bertz CT molecular complexity index is 417. The van der Waals surface area contributed by atoms with Crippen LogP contribution in [0.1, 0.15) is 23.7 Å². The summed E-state index contributed by atoms with van der Waals surface area (Å²) in [5, 5.41) is 37.0. The van der Waals surface area contributed by atoms with Crippen molar-refractivity contribution in [2.45, 2.75) is 25.2 Å². The molecule has 6 nitrogen and oxygen atoms in total. The molecule has 1 rings (SSSR count). The van der Waals surface area contributed by atoms with E-state index in [4.69, 9.17) is 14.9 Å². The highest BCUT2D eigenvalue weighted by Gasteiger charge is 2.24. The zero-order valence-electron chi connectivity index (χ0n) is 9.91. The molecule has 1 aromatic rings. The number of hydrogen-bond donors (Lipinski definition) is 4. The minimum absolute atomic E-state index is 0.223. The summed E-state index contributed by atoms with van der Waals surface area (Å²) in [4.78, 5) is 10.5. The molecule has 0 saturated heterocycles. The van der Waals surface area contributed by atoms with Crippen LogP contribution in [0.3, 0.4) is 0 Å². The number of carbonyl (C=O) groups is 1. The number of aliphatic hydroxyl groups is 3. The summed E-state index contributed by atoms with van der Waals surface area (Å²) in [6, 6.07) is 4.62. The fourth-order valence-electron chi connectivity index (χ4n) is 1.61. The van der Waals surface area contributed by atoms with Crippen molar-refractivity contribution in [2.75, 3.05) is 7.11 Å². The van der Waals surface area contributed by atoms with E-state index in [-0.39, 0.29) is 12.2 Å². The van der Waals surface area contributed by atoms with Crippen LogP contribution < -0.4 is 4.74 Å². The Labute approximate surface area is 104 Å². The lowest BCUT2D eigenvalue weighted by molar-refractivity contribution is -0.141. The van der Waals surface area contributed by atoms with Crippen LogP contribution >= 0.6 is 0 Å². The van der Waals surface area contributed by atoms with Crippen molar-refractivity contribution in [1.29, 1.82) is 0 Å². The fraction of sp³-hybridized carbons (Fsp3) is 0.417. The second-order valence-corrected chi connectivity index (χ2v) is 3.84. The van der Waals surface area contributed by atoms with Crippen LogP contribution in [0.2, 0.25) is 0 Å². The second kappa shape index (κ2) is 6.34. The Morgan fingerprint density at radius 1 is 1.39 bits per heavy atom. The normalized spacial score (nSPS) is 14.0. The molecule has 2 unspecified atom stereocenters. The molecule has 0 bridgehead atoms. The van der Waals surface area contributed by atoms with Crippen LogP contribution in [0.5, 0.6) is 5.75 Å². The van der Waals surface area contributed by atoms with E-state index >= 15 is 0 Å². The van der Waals surface area contributed by atoms with Gasteiger partial charge in [-0.25, -0.2) is 0 Å². The van der Waals surface area contributed by atoms with E-state index in [1.165, 1.54) is 19.2 Å². The minimum atomic E-state index is -1.44. The van der Waals surface area contributed by atoms with Gasteiger partial charge in [0, 0.05) is 5.56 Å². The number of aliphatic hydroxyl groups excluding tert-OH is 3. The van der Waals surface area contributed by atoms with Gasteiger partial charge in [-0.3, -0.25) is 4.79 Å². The van der Waals surface area contributed by atoms with Crippen molar-refractivity contribution in [2.24, 2.45) is 0 Å². The van der Waals surface area contributed by atoms with Crippen molar-refractivity contribution in [1.82, 2.24) is 0 Å². The van der Waals surface area contributed by atoms with Gasteiger partial charge in [0.1, 0.15) is 11.9 Å². The van der Waals surface area contributed by atoms with Gasteiger partial charge in [-0.1, -0.05) is 6.07 Å². The number of benzene rings is 1. The average Bonchev–Trinajstić information content (AvgIpc) is 2.36. The van der Waals surface area contributed by atoms with Gasteiger partial charge in [0.2, 0.25) is 0 Å². The fourth-order valence-corrected chi connectivity index (χ4v) is 1.61. The van der Waals surface area contributed by atoms with Gasteiger partial charge in [0.05, 0.1) is 26.2 Å². The van der Waals surface area contributed by atoms with E-state index < -0.39 is 24.6 Å². The van der Waals surface area contributed by atoms with Crippen molar-refractivity contribution >= 4 is 5.97 Å². The molecular weight excluding hydrogens is 240 g/mol. The molecule has 0 spiro atoms. The number of aliphatic carboxylic acids is 1. The number of ether oxygens (including phenoxy) is 1. The lowest BCUT2D eigenvalue weighted by Crippen LogP contribution is -2.22. The third kappa shape index (κ3) is 3.43. The van der Waals surface area contributed by atoms with Crippen molar-refractivity contribution in [3.8, 4) is 5.75 Å². The summed E-state index contributed by atoms with van der Waals surface area (Å²) in [5.41, 5.74) is 0.783. The quantitative estimate of drug-likeness (QED) is 0.573. The highest BCUT2D eigenvalue weighted by molar-refractivity contribution is 5.67. The summed E-state index contributed by atoms with van der Waals surface area (Å²) in [6.07, 6.45) is -3.40. The van der Waals surface area contributed by atoms with Gasteiger partial charge in [0.15, 0.2) is 0 Å². The first-order valence-electron chi connectivity index (χ1n) is 5.35. The van der Waals surface area contributed by atoms with E-state index in [1.807, 2.05) is 0 Å². The summed E-state index contributed by atoms with van der Waals surface area (Å²) in [6.45, 7) is -0.223. The van der Waals surface area contributed by atoms with Crippen LogP contribution in [-0.2, 0) is 11.4 Å². The second-order valence-electron chi connectivity index (χ2n) is 3.84. The van der Waals surface area contributed by atoms with Gasteiger partial charge in [-0.05, 0) is 17.7 Å². The van der Waals surface area contributed by atoms with E-state index in [1.54, 1.807) is 6.07 Å². The largest absolute Gasteiger partial charge is 0.496 e. The summed E-state index contributed by atoms with van der Waals surface area (Å²) < 4.78 is 5.02. The standard InChI is InChI=1S/C12H16O6/c1-18-10-3-2-7(6-13)4-8(10)12(17)9(14)5-11(15)16/h2-4,9,12-14,17H,5-6H2,1H3,(H,15,16). The van der Waals surface area contributed by atoms with Crippen LogP contribution in [-0.4, -0.2) is 39.6 Å². The SMILES string of the molecule is COc1ccc(CO)cc1C(O)C(O)CC(=O)O. The van der Waals surface area contributed by atoms with Gasteiger partial charge in [0.25, 0.3) is 0 Å². The number of carboxylic acids is 1. The molecule has 0 aliphatic carbocycles. The zero-order valence-corrected chi connectivity index (χ0v) is 9.91. The predicted molar refractivity (Wildman–Crippen MR) is 62.1 cm³/mol. The number of rotatable bonds is 6. The van der Waals surface area contributed by atoms with Crippen molar-refractivity contribution < 1.29 is 30.0 Å². The molecule has 2 atom stereocenters. The first-order chi connectivity index (χ1) is 8.49. The van der Waals surface area contributed by atoms with Gasteiger partial charge in [-0.15, -0.1) is 0 Å². The van der Waals surface area contributed by atoms with E-state index in [9.17, 15) is 15.0 Å². The van der Waals surface area contributed by atoms with E-state index in [0.717, 1.165) is 0 Å². The molecule has 0 aliphatic heterocycles. The smallest absolute Gasteiger partial charge is 0.306 e. The lowest BCUT2D eigenvalue weighted by atomic mass is 9.99. The first-order valence-corrected chi connectivity index (χ1v) is 5.35. The van der Waals surface area contributed by atoms with Crippen molar-refractivity contribution in [3.63, 3.8) is 0 Å². The maximum atomic E-state index is 10.5. The average molecular weight is 256 g/mol. The Morgan fingerprint density at radius 3 is 2.56 bits per heavy atom. The Morgan fingerprint density at radius 2 is 2.06 bits per heavy atom. The molecule has 0 amide bonds. The molecule has 6 heteroatoms. The highest BCUT2D eigenvalue weighted by atomic mass is 16.5. The molecule has 100 valence electrons. The maximum Gasteiger partial charge on any atom is 0.306 e. The zero-order chi connectivity index (χ0) is 13.7. The van der Waals surface area contributed by atoms with Gasteiger partial charge in [-0.2, -0.15) is 0 Å². The number of methoxy groups -OCH3 is 1. The molecule has 18 heavy (non-hydrogen) atoms. The molecular formula is C12H16O6. The van der Waals surface area contributed by atoms with Gasteiger partial charge < -0.3 is 25.2 Å². The lowest BCUT2D eigenvalue weighted by Gasteiger charge is -2.19. The van der Waals surface area contributed by atoms with Crippen LogP contribution in [0, 0.1) is 0 Å². The maximum absolute atomic E-state index is 10.5.